The summed E-state index contributed by atoms with van der Waals surface area (Å²) in [7, 11) is -4.27. The lowest BCUT2D eigenvalue weighted by atomic mass is 10.2. The van der Waals surface area contributed by atoms with Crippen molar-refractivity contribution in [1.82, 2.24) is 4.31 Å². The van der Waals surface area contributed by atoms with Crippen LogP contribution >= 0.6 is 0 Å². The van der Waals surface area contributed by atoms with Crippen LogP contribution in [-0.2, 0) is 10.0 Å². The van der Waals surface area contributed by atoms with E-state index < -0.39 is 38.1 Å². The van der Waals surface area contributed by atoms with E-state index in [2.05, 4.69) is 0 Å². The number of hydrogen-bond acceptors (Lipinski definition) is 3. The van der Waals surface area contributed by atoms with Gasteiger partial charge in [-0.1, -0.05) is 12.2 Å². The topological polar surface area (TPSA) is 74.7 Å². The zero-order valence-corrected chi connectivity index (χ0v) is 11.0. The van der Waals surface area contributed by atoms with Crippen LogP contribution in [0.4, 0.5) is 8.78 Å². The van der Waals surface area contributed by atoms with Gasteiger partial charge in [0, 0.05) is 13.1 Å². The summed E-state index contributed by atoms with van der Waals surface area (Å²) in [6, 6.07) is 1.08. The molecule has 0 aromatic heterocycles. The molecule has 2 rings (SSSR count). The molecule has 1 heterocycles. The molecule has 0 saturated carbocycles. The minimum Gasteiger partial charge on any atom is -0.478 e. The van der Waals surface area contributed by atoms with Crippen molar-refractivity contribution in [3.8, 4) is 0 Å². The predicted molar refractivity (Wildman–Crippen MR) is 65.8 cm³/mol. The Hall–Kier alpha value is -1.80. The fourth-order valence-electron chi connectivity index (χ4n) is 1.85. The highest BCUT2D eigenvalue weighted by Gasteiger charge is 2.30. The summed E-state index contributed by atoms with van der Waals surface area (Å²) in [4.78, 5) is 9.86. The maximum Gasteiger partial charge on any atom is 0.335 e. The molecule has 20 heavy (non-hydrogen) atoms. The van der Waals surface area contributed by atoms with Crippen molar-refractivity contribution in [3.63, 3.8) is 0 Å². The molecule has 0 unspecified atom stereocenters. The van der Waals surface area contributed by atoms with E-state index in [-0.39, 0.29) is 13.1 Å². The van der Waals surface area contributed by atoms with E-state index in [0.29, 0.717) is 18.6 Å². The minimum absolute atomic E-state index is 0.0424. The van der Waals surface area contributed by atoms with E-state index >= 15 is 0 Å². The van der Waals surface area contributed by atoms with Crippen LogP contribution in [0.3, 0.4) is 0 Å². The third kappa shape index (κ3) is 2.56. The van der Waals surface area contributed by atoms with Gasteiger partial charge in [-0.2, -0.15) is 4.31 Å². The molecule has 0 radical (unpaired) electrons. The SMILES string of the molecule is O=C(O)c1cc(F)c(F)c(S(=O)(=O)N2CC=CCC2)c1. The molecule has 0 spiro atoms. The van der Waals surface area contributed by atoms with Crippen LogP contribution in [0, 0.1) is 11.6 Å². The normalized spacial score (nSPS) is 16.3. The number of carboxylic acid groups (broad SMARTS) is 1. The maximum atomic E-state index is 13.7. The fraction of sp³-hybridized carbons (Fsp3) is 0.250. The number of rotatable bonds is 3. The van der Waals surface area contributed by atoms with Crippen molar-refractivity contribution in [2.75, 3.05) is 13.1 Å². The van der Waals surface area contributed by atoms with Crippen LogP contribution in [0.5, 0.6) is 0 Å². The lowest BCUT2D eigenvalue weighted by molar-refractivity contribution is 0.0696. The van der Waals surface area contributed by atoms with Crippen molar-refractivity contribution in [2.45, 2.75) is 11.3 Å². The van der Waals surface area contributed by atoms with E-state index in [0.717, 1.165) is 4.31 Å². The number of sulfonamides is 1. The molecule has 0 fully saturated rings. The summed E-state index contributed by atoms with van der Waals surface area (Å²) < 4.78 is 52.5. The lowest BCUT2D eigenvalue weighted by Crippen LogP contribution is -2.34. The van der Waals surface area contributed by atoms with Crippen molar-refractivity contribution in [3.05, 3.63) is 41.5 Å². The molecule has 0 aliphatic carbocycles. The molecule has 1 N–H and O–H groups in total. The van der Waals surface area contributed by atoms with Gasteiger partial charge in [0.05, 0.1) is 5.56 Å². The molecule has 0 atom stereocenters. The molecule has 108 valence electrons. The summed E-state index contributed by atoms with van der Waals surface area (Å²) in [6.45, 7) is 0.178. The average molecular weight is 303 g/mol. The number of hydrogen-bond donors (Lipinski definition) is 1. The van der Waals surface area contributed by atoms with E-state index in [1.807, 2.05) is 0 Å². The molecule has 1 aliphatic heterocycles. The lowest BCUT2D eigenvalue weighted by Gasteiger charge is -2.23. The van der Waals surface area contributed by atoms with Gasteiger partial charge in [-0.25, -0.2) is 22.0 Å². The molecular weight excluding hydrogens is 292 g/mol. The second-order valence-electron chi connectivity index (χ2n) is 4.20. The molecule has 1 aliphatic rings. The highest BCUT2D eigenvalue weighted by atomic mass is 32.2. The van der Waals surface area contributed by atoms with Crippen LogP contribution in [-0.4, -0.2) is 36.9 Å². The van der Waals surface area contributed by atoms with Gasteiger partial charge < -0.3 is 5.11 Å². The molecule has 5 nitrogen and oxygen atoms in total. The quantitative estimate of drug-likeness (QED) is 0.861. The molecule has 0 amide bonds. The fourth-order valence-corrected chi connectivity index (χ4v) is 3.36. The van der Waals surface area contributed by atoms with Crippen molar-refractivity contribution in [1.29, 1.82) is 0 Å². The van der Waals surface area contributed by atoms with Gasteiger partial charge in [0.15, 0.2) is 11.6 Å². The van der Waals surface area contributed by atoms with Crippen LogP contribution < -0.4 is 0 Å². The molecular formula is C12H11F2NO4S. The Morgan fingerprint density at radius 2 is 1.95 bits per heavy atom. The Labute approximate surface area is 114 Å². The number of carboxylic acids is 1. The predicted octanol–water partition coefficient (Wildman–Crippen LogP) is 1.61. The van der Waals surface area contributed by atoms with Crippen molar-refractivity contribution in [2.24, 2.45) is 0 Å². The van der Waals surface area contributed by atoms with Gasteiger partial charge in [0.2, 0.25) is 10.0 Å². The standard InChI is InChI=1S/C12H11F2NO4S/c13-9-6-8(12(16)17)7-10(11(9)14)20(18,19)15-4-2-1-3-5-15/h1-2,6-7H,3-5H2,(H,16,17). The number of nitrogens with zero attached hydrogens (tertiary/aromatic N) is 1. The maximum absolute atomic E-state index is 13.7. The second kappa shape index (κ2) is 5.29. The first-order chi connectivity index (χ1) is 9.34. The third-order valence-electron chi connectivity index (χ3n) is 2.88. The van der Waals surface area contributed by atoms with Gasteiger partial charge in [0.1, 0.15) is 4.90 Å². The smallest absolute Gasteiger partial charge is 0.335 e. The van der Waals surface area contributed by atoms with E-state index in [9.17, 15) is 22.0 Å². The average Bonchev–Trinajstić information content (AvgIpc) is 2.42. The Balaban J connectivity index is 2.56. The highest BCUT2D eigenvalue weighted by molar-refractivity contribution is 7.89. The second-order valence-corrected chi connectivity index (χ2v) is 6.10. The summed E-state index contributed by atoms with van der Waals surface area (Å²) >= 11 is 0. The monoisotopic (exact) mass is 303 g/mol. The van der Waals surface area contributed by atoms with E-state index in [4.69, 9.17) is 5.11 Å². The molecule has 0 bridgehead atoms. The third-order valence-corrected chi connectivity index (χ3v) is 4.74. The number of halogens is 2. The largest absolute Gasteiger partial charge is 0.478 e. The van der Waals surface area contributed by atoms with Gasteiger partial charge in [0.25, 0.3) is 0 Å². The highest BCUT2D eigenvalue weighted by Crippen LogP contribution is 2.24. The zero-order chi connectivity index (χ0) is 14.9. The summed E-state index contributed by atoms with van der Waals surface area (Å²) in [5.74, 6) is -4.60. The van der Waals surface area contributed by atoms with Gasteiger partial charge in [-0.05, 0) is 18.6 Å². The van der Waals surface area contributed by atoms with Crippen LogP contribution in [0.2, 0.25) is 0 Å². The first-order valence-electron chi connectivity index (χ1n) is 5.71. The molecule has 1 aromatic carbocycles. The Kier molecular flexibility index (Phi) is 3.87. The number of benzene rings is 1. The zero-order valence-electron chi connectivity index (χ0n) is 10.2. The Bertz CT molecular complexity index is 685. The van der Waals surface area contributed by atoms with Gasteiger partial charge in [-0.15, -0.1) is 0 Å². The van der Waals surface area contributed by atoms with Crippen LogP contribution in [0.25, 0.3) is 0 Å². The Morgan fingerprint density at radius 3 is 2.50 bits per heavy atom. The molecule has 1 aromatic rings. The number of aromatic carboxylic acids is 1. The van der Waals surface area contributed by atoms with Gasteiger partial charge >= 0.3 is 5.97 Å². The molecule has 8 heteroatoms. The Morgan fingerprint density at radius 1 is 1.25 bits per heavy atom. The number of carbonyl (C=O) groups is 1. The van der Waals surface area contributed by atoms with Crippen molar-refractivity contribution < 1.29 is 27.1 Å². The van der Waals surface area contributed by atoms with Crippen LogP contribution in [0.15, 0.2) is 29.2 Å². The summed E-state index contributed by atoms with van der Waals surface area (Å²) in [5, 5.41) is 8.79. The van der Waals surface area contributed by atoms with Crippen molar-refractivity contribution >= 4 is 16.0 Å². The van der Waals surface area contributed by atoms with Crippen LogP contribution in [0.1, 0.15) is 16.8 Å². The van der Waals surface area contributed by atoms with Gasteiger partial charge in [-0.3, -0.25) is 0 Å². The first-order valence-corrected chi connectivity index (χ1v) is 7.15. The van der Waals surface area contributed by atoms with E-state index in [1.54, 1.807) is 12.2 Å². The summed E-state index contributed by atoms with van der Waals surface area (Å²) in [5.41, 5.74) is -0.616. The summed E-state index contributed by atoms with van der Waals surface area (Å²) in [6.07, 6.45) is 3.83. The van der Waals surface area contributed by atoms with E-state index in [1.165, 1.54) is 0 Å². The first kappa shape index (κ1) is 14.6. The molecule has 0 saturated heterocycles. The minimum atomic E-state index is -4.27.